The molecule has 0 spiro atoms. The predicted molar refractivity (Wildman–Crippen MR) is 104 cm³/mol. The van der Waals surface area contributed by atoms with E-state index in [9.17, 15) is 0 Å². The molecule has 4 rings (SSSR count). The van der Waals surface area contributed by atoms with E-state index in [1.165, 1.54) is 11.1 Å². The van der Waals surface area contributed by atoms with Crippen LogP contribution in [0.2, 0.25) is 0 Å². The minimum Gasteiger partial charge on any atom is -0.493 e. The van der Waals surface area contributed by atoms with E-state index in [0.29, 0.717) is 6.61 Å². The first-order valence-corrected chi connectivity index (χ1v) is 9.23. The molecule has 0 saturated carbocycles. The molecular weight excluding hydrogens is 340 g/mol. The lowest BCUT2D eigenvalue weighted by molar-refractivity contribution is 0.310. The number of hydrogen-bond donors (Lipinski definition) is 1. The molecule has 1 aliphatic heterocycles. The summed E-state index contributed by atoms with van der Waals surface area (Å²) in [7, 11) is 1.67. The molecule has 0 saturated heterocycles. The van der Waals surface area contributed by atoms with Gasteiger partial charge in [0.15, 0.2) is 11.5 Å². The molecule has 1 N–H and O–H groups in total. The third-order valence-corrected chi connectivity index (χ3v) is 4.98. The van der Waals surface area contributed by atoms with Gasteiger partial charge in [-0.1, -0.05) is 35.9 Å². The largest absolute Gasteiger partial charge is 0.493 e. The first-order valence-electron chi connectivity index (χ1n) is 9.23. The normalized spacial score (nSPS) is 18.5. The Morgan fingerprint density at radius 2 is 1.89 bits per heavy atom. The van der Waals surface area contributed by atoms with Gasteiger partial charge in [0.05, 0.1) is 25.8 Å². The number of nitrogens with one attached hydrogen (secondary N) is 1. The van der Waals surface area contributed by atoms with Crippen molar-refractivity contribution in [1.29, 1.82) is 0 Å². The maximum atomic E-state index is 5.65. The van der Waals surface area contributed by atoms with Gasteiger partial charge in [0.25, 0.3) is 0 Å². The molecule has 6 nitrogen and oxygen atoms in total. The summed E-state index contributed by atoms with van der Waals surface area (Å²) >= 11 is 0. The summed E-state index contributed by atoms with van der Waals surface area (Å²) < 4.78 is 13.1. The van der Waals surface area contributed by atoms with Gasteiger partial charge >= 0.3 is 0 Å². The standard InChI is InChI=1S/C21H24N4O2/c1-4-27-19-10-9-16(11-20(19)26-3)18-12-17(15-7-5-14(2)6-8-15)24-21-22-13-23-25(18)21/h5-11,13,17-18H,4,12H2,1-3H3,(H,22,23,24). The van der Waals surface area contributed by atoms with Crippen LogP contribution in [0.3, 0.4) is 0 Å². The second-order valence-electron chi connectivity index (χ2n) is 6.73. The van der Waals surface area contributed by atoms with Crippen LogP contribution in [0.15, 0.2) is 48.8 Å². The smallest absolute Gasteiger partial charge is 0.222 e. The van der Waals surface area contributed by atoms with E-state index in [1.54, 1.807) is 13.4 Å². The number of rotatable bonds is 5. The lowest BCUT2D eigenvalue weighted by Gasteiger charge is -2.32. The number of fused-ring (bicyclic) bond motifs is 1. The molecule has 6 heteroatoms. The van der Waals surface area contributed by atoms with Crippen molar-refractivity contribution in [3.05, 3.63) is 65.5 Å². The van der Waals surface area contributed by atoms with Crippen molar-refractivity contribution in [3.8, 4) is 11.5 Å². The molecule has 0 bridgehead atoms. The monoisotopic (exact) mass is 364 g/mol. The van der Waals surface area contributed by atoms with E-state index in [4.69, 9.17) is 9.47 Å². The van der Waals surface area contributed by atoms with E-state index in [-0.39, 0.29) is 12.1 Å². The first kappa shape index (κ1) is 17.4. The number of benzene rings is 2. The van der Waals surface area contributed by atoms with E-state index >= 15 is 0 Å². The van der Waals surface area contributed by atoms with Gasteiger partial charge in [0, 0.05) is 0 Å². The Bertz CT molecular complexity index is 920. The number of nitrogens with zero attached hydrogens (tertiary/aromatic N) is 3. The highest BCUT2D eigenvalue weighted by atomic mass is 16.5. The maximum Gasteiger partial charge on any atom is 0.222 e. The zero-order chi connectivity index (χ0) is 18.8. The van der Waals surface area contributed by atoms with Crippen molar-refractivity contribution in [3.63, 3.8) is 0 Å². The first-order chi connectivity index (χ1) is 13.2. The van der Waals surface area contributed by atoms with Crippen LogP contribution in [-0.2, 0) is 0 Å². The van der Waals surface area contributed by atoms with Gasteiger partial charge in [-0.05, 0) is 43.5 Å². The Kier molecular flexibility index (Phi) is 4.71. The van der Waals surface area contributed by atoms with E-state index in [1.807, 2.05) is 23.7 Å². The Morgan fingerprint density at radius 1 is 1.11 bits per heavy atom. The molecule has 140 valence electrons. The van der Waals surface area contributed by atoms with Gasteiger partial charge in [-0.25, -0.2) is 4.68 Å². The topological polar surface area (TPSA) is 61.2 Å². The molecule has 2 atom stereocenters. The second kappa shape index (κ2) is 7.31. The Balaban J connectivity index is 1.70. The number of methoxy groups -OCH3 is 1. The van der Waals surface area contributed by atoms with Crippen LogP contribution in [0.5, 0.6) is 11.5 Å². The molecule has 0 amide bonds. The van der Waals surface area contributed by atoms with Crippen molar-refractivity contribution in [1.82, 2.24) is 14.8 Å². The Hall–Kier alpha value is -3.02. The fraction of sp³-hybridized carbons (Fsp3) is 0.333. The van der Waals surface area contributed by atoms with Crippen molar-refractivity contribution in [2.45, 2.75) is 32.4 Å². The summed E-state index contributed by atoms with van der Waals surface area (Å²) in [6.07, 6.45) is 2.47. The van der Waals surface area contributed by atoms with Crippen LogP contribution in [0.1, 0.15) is 42.1 Å². The predicted octanol–water partition coefficient (Wildman–Crippen LogP) is 4.14. The molecule has 2 aromatic carbocycles. The van der Waals surface area contributed by atoms with Crippen molar-refractivity contribution in [2.75, 3.05) is 19.0 Å². The van der Waals surface area contributed by atoms with Crippen molar-refractivity contribution in [2.24, 2.45) is 0 Å². The van der Waals surface area contributed by atoms with E-state index in [2.05, 4.69) is 52.7 Å². The molecule has 1 aliphatic rings. The summed E-state index contributed by atoms with van der Waals surface area (Å²) in [6.45, 7) is 4.67. The van der Waals surface area contributed by atoms with E-state index in [0.717, 1.165) is 29.4 Å². The Morgan fingerprint density at radius 3 is 2.63 bits per heavy atom. The molecule has 2 unspecified atom stereocenters. The lowest BCUT2D eigenvalue weighted by atomic mass is 9.93. The van der Waals surface area contributed by atoms with Crippen LogP contribution in [0, 0.1) is 6.92 Å². The van der Waals surface area contributed by atoms with Crippen molar-refractivity contribution < 1.29 is 9.47 Å². The van der Waals surface area contributed by atoms with Crippen LogP contribution in [0.25, 0.3) is 0 Å². The molecule has 1 aromatic heterocycles. The van der Waals surface area contributed by atoms with Gasteiger partial charge < -0.3 is 14.8 Å². The van der Waals surface area contributed by atoms with Crippen LogP contribution in [-0.4, -0.2) is 28.5 Å². The number of hydrogen-bond acceptors (Lipinski definition) is 5. The molecule has 2 heterocycles. The van der Waals surface area contributed by atoms with Crippen LogP contribution in [0.4, 0.5) is 5.95 Å². The van der Waals surface area contributed by atoms with Gasteiger partial charge in [-0.3, -0.25) is 0 Å². The minimum absolute atomic E-state index is 0.0691. The van der Waals surface area contributed by atoms with Crippen LogP contribution >= 0.6 is 0 Å². The summed E-state index contributed by atoms with van der Waals surface area (Å²) in [5, 5.41) is 7.95. The highest BCUT2D eigenvalue weighted by molar-refractivity contribution is 5.46. The zero-order valence-corrected chi connectivity index (χ0v) is 15.8. The third kappa shape index (κ3) is 3.35. The van der Waals surface area contributed by atoms with Gasteiger partial charge in [-0.2, -0.15) is 10.1 Å². The number of anilines is 1. The average molecular weight is 364 g/mol. The minimum atomic E-state index is 0.0691. The zero-order valence-electron chi connectivity index (χ0n) is 15.8. The molecule has 0 aliphatic carbocycles. The summed E-state index contributed by atoms with van der Waals surface area (Å²) in [4.78, 5) is 4.40. The highest BCUT2D eigenvalue weighted by Gasteiger charge is 2.30. The van der Waals surface area contributed by atoms with Gasteiger partial charge in [0.1, 0.15) is 6.33 Å². The fourth-order valence-corrected chi connectivity index (χ4v) is 3.58. The highest BCUT2D eigenvalue weighted by Crippen LogP contribution is 2.39. The molecule has 3 aromatic rings. The number of aryl methyl sites for hydroxylation is 1. The molecule has 0 fully saturated rings. The second-order valence-corrected chi connectivity index (χ2v) is 6.73. The fourth-order valence-electron chi connectivity index (χ4n) is 3.58. The summed E-state index contributed by atoms with van der Waals surface area (Å²) in [6, 6.07) is 15.0. The average Bonchev–Trinajstić information content (AvgIpc) is 3.17. The van der Waals surface area contributed by atoms with Gasteiger partial charge in [0.2, 0.25) is 5.95 Å². The third-order valence-electron chi connectivity index (χ3n) is 4.98. The van der Waals surface area contributed by atoms with Crippen molar-refractivity contribution >= 4 is 5.95 Å². The molecule has 0 radical (unpaired) electrons. The molecule has 27 heavy (non-hydrogen) atoms. The number of ether oxygens (including phenoxy) is 2. The molecular formula is C21H24N4O2. The van der Waals surface area contributed by atoms with E-state index < -0.39 is 0 Å². The lowest BCUT2D eigenvalue weighted by Crippen LogP contribution is -2.28. The number of aromatic nitrogens is 3. The quantitative estimate of drug-likeness (QED) is 0.737. The van der Waals surface area contributed by atoms with Crippen LogP contribution < -0.4 is 14.8 Å². The summed E-state index contributed by atoms with van der Waals surface area (Å²) in [5.41, 5.74) is 3.63. The van der Waals surface area contributed by atoms with Gasteiger partial charge in [-0.15, -0.1) is 0 Å². The Labute approximate surface area is 159 Å². The SMILES string of the molecule is CCOc1ccc(C2CC(c3ccc(C)cc3)Nc3ncnn32)cc1OC. The maximum absolute atomic E-state index is 5.65. The summed E-state index contributed by atoms with van der Waals surface area (Å²) in [5.74, 6) is 2.28.